The lowest BCUT2D eigenvalue weighted by Gasteiger charge is -2.18. The quantitative estimate of drug-likeness (QED) is 0.694. The first-order valence-corrected chi connectivity index (χ1v) is 5.87. The highest BCUT2D eigenvalue weighted by molar-refractivity contribution is 5.94. The Hall–Kier alpha value is -1.75. The second kappa shape index (κ2) is 6.26. The number of methoxy groups -OCH3 is 1. The molecule has 0 bridgehead atoms. The fraction of sp³-hybridized carbons (Fsp3) is 0.462. The Labute approximate surface area is 107 Å². The largest absolute Gasteiger partial charge is 0.506 e. The maximum absolute atomic E-state index is 12.0. The fourth-order valence-corrected chi connectivity index (χ4v) is 1.65. The minimum Gasteiger partial charge on any atom is -0.506 e. The third-order valence-corrected chi connectivity index (χ3v) is 2.86. The average molecular weight is 252 g/mol. The third-order valence-electron chi connectivity index (χ3n) is 2.86. The molecule has 1 unspecified atom stereocenters. The maximum Gasteiger partial charge on any atom is 0.229 e. The normalized spacial score (nSPS) is 12.3. The number of carbonyl (C=O) groups excluding carboxylic acids is 1. The number of nitrogens with two attached hydrogens (primary N) is 1. The van der Waals surface area contributed by atoms with Gasteiger partial charge < -0.3 is 20.9 Å². The molecule has 0 aliphatic heterocycles. The van der Waals surface area contributed by atoms with Crippen molar-refractivity contribution < 1.29 is 14.6 Å². The first-order valence-electron chi connectivity index (χ1n) is 5.87. The molecule has 0 spiro atoms. The monoisotopic (exact) mass is 252 g/mol. The van der Waals surface area contributed by atoms with Gasteiger partial charge in [-0.2, -0.15) is 0 Å². The summed E-state index contributed by atoms with van der Waals surface area (Å²) in [7, 11) is 1.51. The Morgan fingerprint density at radius 2 is 2.17 bits per heavy atom. The molecule has 5 nitrogen and oxygen atoms in total. The SMILES string of the molecule is COc1ccc(NC(=O)C(CN)C(C)C)c(O)c1. The molecule has 0 heterocycles. The second-order valence-corrected chi connectivity index (χ2v) is 4.46. The van der Waals surface area contributed by atoms with Crippen LogP contribution in [0.25, 0.3) is 0 Å². The number of hydrogen-bond donors (Lipinski definition) is 3. The molecule has 4 N–H and O–H groups in total. The van der Waals surface area contributed by atoms with Gasteiger partial charge in [0.2, 0.25) is 5.91 Å². The van der Waals surface area contributed by atoms with Crippen molar-refractivity contribution in [2.75, 3.05) is 19.0 Å². The number of nitrogens with one attached hydrogen (secondary N) is 1. The van der Waals surface area contributed by atoms with Crippen LogP contribution in [0.3, 0.4) is 0 Å². The van der Waals surface area contributed by atoms with Crippen LogP contribution in [0.4, 0.5) is 5.69 Å². The van der Waals surface area contributed by atoms with Crippen molar-refractivity contribution in [2.24, 2.45) is 17.6 Å². The van der Waals surface area contributed by atoms with Gasteiger partial charge in [0.15, 0.2) is 0 Å². The van der Waals surface area contributed by atoms with E-state index in [1.165, 1.54) is 13.2 Å². The van der Waals surface area contributed by atoms with Gasteiger partial charge in [-0.25, -0.2) is 0 Å². The fourth-order valence-electron chi connectivity index (χ4n) is 1.65. The summed E-state index contributed by atoms with van der Waals surface area (Å²) in [6.07, 6.45) is 0. The highest BCUT2D eigenvalue weighted by Gasteiger charge is 2.21. The number of benzene rings is 1. The van der Waals surface area contributed by atoms with Gasteiger partial charge >= 0.3 is 0 Å². The minimum atomic E-state index is -0.272. The molecular weight excluding hydrogens is 232 g/mol. The molecule has 1 amide bonds. The van der Waals surface area contributed by atoms with Crippen molar-refractivity contribution in [1.29, 1.82) is 0 Å². The van der Waals surface area contributed by atoms with Gasteiger partial charge in [-0.05, 0) is 18.1 Å². The Morgan fingerprint density at radius 3 is 2.61 bits per heavy atom. The number of aromatic hydroxyl groups is 1. The van der Waals surface area contributed by atoms with Crippen LogP contribution in [0.1, 0.15) is 13.8 Å². The second-order valence-electron chi connectivity index (χ2n) is 4.46. The number of phenols is 1. The van der Waals surface area contributed by atoms with Crippen molar-refractivity contribution in [3.8, 4) is 11.5 Å². The molecular formula is C13H20N2O3. The number of hydrogen-bond acceptors (Lipinski definition) is 4. The van der Waals surface area contributed by atoms with E-state index in [4.69, 9.17) is 10.5 Å². The predicted octanol–water partition coefficient (Wildman–Crippen LogP) is 1.57. The molecule has 0 aromatic heterocycles. The molecule has 18 heavy (non-hydrogen) atoms. The molecule has 0 radical (unpaired) electrons. The summed E-state index contributed by atoms with van der Waals surface area (Å²) in [5.74, 6) is 0.196. The van der Waals surface area contributed by atoms with E-state index in [1.807, 2.05) is 13.8 Å². The topological polar surface area (TPSA) is 84.6 Å². The summed E-state index contributed by atoms with van der Waals surface area (Å²) in [6.45, 7) is 4.15. The number of carbonyl (C=O) groups is 1. The Kier molecular flexibility index (Phi) is 4.97. The molecule has 1 rings (SSSR count). The zero-order chi connectivity index (χ0) is 13.7. The van der Waals surface area contributed by atoms with Crippen LogP contribution in [-0.4, -0.2) is 24.7 Å². The lowest BCUT2D eigenvalue weighted by Crippen LogP contribution is -2.33. The van der Waals surface area contributed by atoms with Gasteiger partial charge in [0.25, 0.3) is 0 Å². The van der Waals surface area contributed by atoms with Gasteiger partial charge in [-0.15, -0.1) is 0 Å². The predicted molar refractivity (Wildman–Crippen MR) is 70.7 cm³/mol. The van der Waals surface area contributed by atoms with E-state index in [-0.39, 0.29) is 30.0 Å². The minimum absolute atomic E-state index is 0.0257. The lowest BCUT2D eigenvalue weighted by molar-refractivity contribution is -0.120. The van der Waals surface area contributed by atoms with Crippen LogP contribution < -0.4 is 15.8 Å². The molecule has 0 fully saturated rings. The van der Waals surface area contributed by atoms with Crippen molar-refractivity contribution in [2.45, 2.75) is 13.8 Å². The van der Waals surface area contributed by atoms with Gasteiger partial charge in [0.05, 0.1) is 18.7 Å². The van der Waals surface area contributed by atoms with E-state index < -0.39 is 0 Å². The van der Waals surface area contributed by atoms with Gasteiger partial charge in [0.1, 0.15) is 11.5 Å². The Bertz CT molecular complexity index is 419. The number of amides is 1. The smallest absolute Gasteiger partial charge is 0.229 e. The summed E-state index contributed by atoms with van der Waals surface area (Å²) >= 11 is 0. The Morgan fingerprint density at radius 1 is 1.50 bits per heavy atom. The highest BCUT2D eigenvalue weighted by atomic mass is 16.5. The summed E-state index contributed by atoms with van der Waals surface area (Å²) in [5.41, 5.74) is 5.93. The number of phenolic OH excluding ortho intramolecular Hbond substituents is 1. The van der Waals surface area contributed by atoms with E-state index in [0.717, 1.165) is 0 Å². The average Bonchev–Trinajstić information content (AvgIpc) is 2.32. The van der Waals surface area contributed by atoms with Gasteiger partial charge in [-0.3, -0.25) is 4.79 Å². The molecule has 1 aromatic rings. The number of anilines is 1. The van der Waals surface area contributed by atoms with Gasteiger partial charge in [0, 0.05) is 12.6 Å². The van der Waals surface area contributed by atoms with E-state index in [0.29, 0.717) is 11.4 Å². The summed E-state index contributed by atoms with van der Waals surface area (Å²) < 4.78 is 4.97. The van der Waals surface area contributed by atoms with Crippen molar-refractivity contribution >= 4 is 11.6 Å². The summed E-state index contributed by atoms with van der Waals surface area (Å²) in [4.78, 5) is 12.0. The van der Waals surface area contributed by atoms with Crippen LogP contribution in [0.5, 0.6) is 11.5 Å². The van der Waals surface area contributed by atoms with Crippen LogP contribution in [0.15, 0.2) is 18.2 Å². The molecule has 100 valence electrons. The van der Waals surface area contributed by atoms with Crippen molar-refractivity contribution in [3.05, 3.63) is 18.2 Å². The molecule has 1 atom stereocenters. The van der Waals surface area contributed by atoms with Crippen LogP contribution in [0.2, 0.25) is 0 Å². The standard InChI is InChI=1S/C13H20N2O3/c1-8(2)10(7-14)13(17)15-11-5-4-9(18-3)6-12(11)16/h4-6,8,10,16H,7,14H2,1-3H3,(H,15,17). The molecule has 0 saturated carbocycles. The summed E-state index contributed by atoms with van der Waals surface area (Å²) in [5, 5.41) is 12.4. The van der Waals surface area contributed by atoms with Crippen molar-refractivity contribution in [3.63, 3.8) is 0 Å². The van der Waals surface area contributed by atoms with E-state index >= 15 is 0 Å². The maximum atomic E-state index is 12.0. The zero-order valence-electron chi connectivity index (χ0n) is 10.9. The van der Waals surface area contributed by atoms with Crippen molar-refractivity contribution in [1.82, 2.24) is 0 Å². The molecule has 5 heteroatoms. The van der Waals surface area contributed by atoms with Crippen LogP contribution in [-0.2, 0) is 4.79 Å². The number of ether oxygens (including phenoxy) is 1. The van der Waals surface area contributed by atoms with Crippen LogP contribution in [0, 0.1) is 11.8 Å². The molecule has 0 saturated heterocycles. The molecule has 0 aliphatic rings. The lowest BCUT2D eigenvalue weighted by atomic mass is 9.95. The number of rotatable bonds is 5. The molecule has 0 aliphatic carbocycles. The zero-order valence-corrected chi connectivity index (χ0v) is 10.9. The van der Waals surface area contributed by atoms with E-state index in [1.54, 1.807) is 12.1 Å². The Balaban J connectivity index is 2.81. The first-order chi connectivity index (χ1) is 8.49. The first kappa shape index (κ1) is 14.3. The van der Waals surface area contributed by atoms with Crippen LogP contribution >= 0.6 is 0 Å². The van der Waals surface area contributed by atoms with E-state index in [2.05, 4.69) is 5.32 Å². The summed E-state index contributed by atoms with van der Waals surface area (Å²) in [6, 6.07) is 4.71. The van der Waals surface area contributed by atoms with E-state index in [9.17, 15) is 9.90 Å². The van der Waals surface area contributed by atoms with Gasteiger partial charge in [-0.1, -0.05) is 13.8 Å². The molecule has 1 aromatic carbocycles. The third kappa shape index (κ3) is 3.37. The highest BCUT2D eigenvalue weighted by Crippen LogP contribution is 2.28.